The van der Waals surface area contributed by atoms with Crippen molar-refractivity contribution in [2.75, 3.05) is 6.61 Å². The molecule has 0 heterocycles. The molecule has 1 aromatic rings. The molecule has 0 bridgehead atoms. The second kappa shape index (κ2) is 4.56. The van der Waals surface area contributed by atoms with Crippen LogP contribution in [0.3, 0.4) is 0 Å². The number of aryl methyl sites for hydroxylation is 1. The van der Waals surface area contributed by atoms with E-state index in [-0.39, 0.29) is 5.41 Å². The van der Waals surface area contributed by atoms with E-state index in [2.05, 4.69) is 32.0 Å². The number of fused-ring (bicyclic) bond motifs is 1. The zero-order valence-electron chi connectivity index (χ0n) is 10.3. The Bertz CT molecular complexity index is 371. The van der Waals surface area contributed by atoms with E-state index < -0.39 is 0 Å². The molecule has 0 aromatic heterocycles. The smallest absolute Gasteiger partial charge is 0.0770 e. The topological polar surface area (TPSA) is 35.2 Å². The van der Waals surface area contributed by atoms with Gasteiger partial charge in [-0.15, -0.1) is 0 Å². The normalized spacial score (nSPS) is 15.9. The van der Waals surface area contributed by atoms with Crippen LogP contribution in [0.25, 0.3) is 0 Å². The predicted octanol–water partition coefficient (Wildman–Crippen LogP) is 2.73. The fourth-order valence-electron chi connectivity index (χ4n) is 2.70. The Morgan fingerprint density at radius 3 is 2.75 bits per heavy atom. The molecule has 0 saturated heterocycles. The van der Waals surface area contributed by atoms with Gasteiger partial charge in [0.05, 0.1) is 6.61 Å². The number of nitrogens with two attached hydrogens (primary N) is 1. The molecule has 0 fully saturated rings. The molecule has 0 aliphatic heterocycles. The Balaban J connectivity index is 2.40. The maximum absolute atomic E-state index is 5.23. The van der Waals surface area contributed by atoms with Crippen molar-refractivity contribution in [3.05, 3.63) is 34.9 Å². The van der Waals surface area contributed by atoms with E-state index in [0.29, 0.717) is 6.61 Å². The van der Waals surface area contributed by atoms with Gasteiger partial charge in [0.25, 0.3) is 0 Å². The van der Waals surface area contributed by atoms with Crippen molar-refractivity contribution in [2.24, 2.45) is 5.90 Å². The minimum absolute atomic E-state index is 0.0113. The summed E-state index contributed by atoms with van der Waals surface area (Å²) in [5.74, 6) is 5.23. The van der Waals surface area contributed by atoms with E-state index in [4.69, 9.17) is 10.7 Å². The Labute approximate surface area is 97.8 Å². The van der Waals surface area contributed by atoms with Crippen molar-refractivity contribution in [2.45, 2.75) is 44.9 Å². The average Bonchev–Trinajstić information content (AvgIpc) is 2.28. The first-order valence-corrected chi connectivity index (χ1v) is 6.08. The lowest BCUT2D eigenvalue weighted by Crippen LogP contribution is -2.28. The summed E-state index contributed by atoms with van der Waals surface area (Å²) in [6, 6.07) is 6.65. The van der Waals surface area contributed by atoms with Gasteiger partial charge in [0.15, 0.2) is 0 Å². The van der Waals surface area contributed by atoms with Crippen LogP contribution in [0.1, 0.15) is 43.4 Å². The fraction of sp³-hybridized carbons (Fsp3) is 0.571. The molecular weight excluding hydrogens is 198 g/mol. The summed E-state index contributed by atoms with van der Waals surface area (Å²) >= 11 is 0. The quantitative estimate of drug-likeness (QED) is 0.793. The van der Waals surface area contributed by atoms with E-state index in [9.17, 15) is 0 Å². The molecule has 2 nitrogen and oxygen atoms in total. The molecule has 1 aromatic carbocycles. The van der Waals surface area contributed by atoms with Crippen molar-refractivity contribution >= 4 is 0 Å². The summed E-state index contributed by atoms with van der Waals surface area (Å²) in [4.78, 5) is 4.85. The van der Waals surface area contributed by atoms with E-state index in [1.165, 1.54) is 42.4 Å². The molecule has 16 heavy (non-hydrogen) atoms. The Morgan fingerprint density at radius 1 is 1.25 bits per heavy atom. The van der Waals surface area contributed by atoms with Gasteiger partial charge in [0.1, 0.15) is 0 Å². The first-order valence-electron chi connectivity index (χ1n) is 6.08. The van der Waals surface area contributed by atoms with Gasteiger partial charge in [-0.3, -0.25) is 0 Å². The number of hydrogen-bond acceptors (Lipinski definition) is 2. The highest BCUT2D eigenvalue weighted by molar-refractivity contribution is 5.41. The zero-order chi connectivity index (χ0) is 11.6. The summed E-state index contributed by atoms with van der Waals surface area (Å²) < 4.78 is 0. The first-order chi connectivity index (χ1) is 7.65. The molecule has 0 spiro atoms. The average molecular weight is 219 g/mol. The minimum atomic E-state index is 0.0113. The van der Waals surface area contributed by atoms with Crippen molar-refractivity contribution < 1.29 is 4.84 Å². The van der Waals surface area contributed by atoms with Crippen LogP contribution in [-0.2, 0) is 23.1 Å². The van der Waals surface area contributed by atoms with Crippen molar-refractivity contribution in [3.8, 4) is 0 Å². The van der Waals surface area contributed by atoms with Crippen LogP contribution in [-0.4, -0.2) is 6.61 Å². The Hall–Kier alpha value is -0.860. The molecule has 2 N–H and O–H groups in total. The summed E-state index contributed by atoms with van der Waals surface area (Å²) in [6.45, 7) is 4.97. The molecule has 0 atom stereocenters. The van der Waals surface area contributed by atoms with Gasteiger partial charge < -0.3 is 4.84 Å². The molecule has 1 aliphatic carbocycles. The van der Waals surface area contributed by atoms with Gasteiger partial charge >= 0.3 is 0 Å². The summed E-state index contributed by atoms with van der Waals surface area (Å²) in [5, 5.41) is 0. The van der Waals surface area contributed by atoms with Gasteiger partial charge in [-0.1, -0.05) is 32.0 Å². The van der Waals surface area contributed by atoms with Gasteiger partial charge in [0.2, 0.25) is 0 Å². The molecule has 0 amide bonds. The fourth-order valence-corrected chi connectivity index (χ4v) is 2.70. The van der Waals surface area contributed by atoms with Crippen molar-refractivity contribution in [1.29, 1.82) is 0 Å². The number of benzene rings is 1. The lowest BCUT2D eigenvalue weighted by atomic mass is 9.77. The van der Waals surface area contributed by atoms with E-state index in [1.807, 2.05) is 0 Å². The molecule has 0 saturated carbocycles. The molecule has 2 rings (SSSR count). The predicted molar refractivity (Wildman–Crippen MR) is 66.2 cm³/mol. The monoisotopic (exact) mass is 219 g/mol. The lowest BCUT2D eigenvalue weighted by Gasteiger charge is -2.29. The maximum atomic E-state index is 5.23. The SMILES string of the molecule is CC(C)(CON)c1cccc2c1CCCC2. The van der Waals surface area contributed by atoms with Crippen LogP contribution in [0.2, 0.25) is 0 Å². The largest absolute Gasteiger partial charge is 0.304 e. The third kappa shape index (κ3) is 2.13. The third-order valence-corrected chi connectivity index (χ3v) is 3.57. The molecule has 0 radical (unpaired) electrons. The second-order valence-electron chi connectivity index (χ2n) is 5.35. The van der Waals surface area contributed by atoms with Crippen LogP contribution in [0.5, 0.6) is 0 Å². The second-order valence-corrected chi connectivity index (χ2v) is 5.35. The molecule has 0 unspecified atom stereocenters. The van der Waals surface area contributed by atoms with E-state index >= 15 is 0 Å². The van der Waals surface area contributed by atoms with Crippen LogP contribution in [0.15, 0.2) is 18.2 Å². The van der Waals surface area contributed by atoms with Gasteiger partial charge in [-0.25, -0.2) is 5.90 Å². The van der Waals surface area contributed by atoms with Crippen LogP contribution in [0, 0.1) is 0 Å². The van der Waals surface area contributed by atoms with Crippen LogP contribution < -0.4 is 5.90 Å². The summed E-state index contributed by atoms with van der Waals surface area (Å²) in [7, 11) is 0. The summed E-state index contributed by atoms with van der Waals surface area (Å²) in [6.07, 6.45) is 5.07. The highest BCUT2D eigenvalue weighted by Gasteiger charge is 2.25. The highest BCUT2D eigenvalue weighted by Crippen LogP contribution is 2.32. The third-order valence-electron chi connectivity index (χ3n) is 3.57. The molecule has 1 aliphatic rings. The standard InChI is InChI=1S/C14H21NO/c1-14(2,10-16-15)13-9-5-7-11-6-3-4-8-12(11)13/h5,7,9H,3-4,6,8,10,15H2,1-2H3. The van der Waals surface area contributed by atoms with E-state index in [0.717, 1.165) is 0 Å². The lowest BCUT2D eigenvalue weighted by molar-refractivity contribution is 0.0960. The molecule has 2 heteroatoms. The van der Waals surface area contributed by atoms with Crippen molar-refractivity contribution in [3.63, 3.8) is 0 Å². The first kappa shape index (κ1) is 11.6. The highest BCUT2D eigenvalue weighted by atomic mass is 16.6. The maximum Gasteiger partial charge on any atom is 0.0770 e. The summed E-state index contributed by atoms with van der Waals surface area (Å²) in [5.41, 5.74) is 4.48. The Kier molecular flexibility index (Phi) is 3.31. The van der Waals surface area contributed by atoms with Gasteiger partial charge in [-0.05, 0) is 42.4 Å². The molecular formula is C14H21NO. The van der Waals surface area contributed by atoms with E-state index in [1.54, 1.807) is 0 Å². The zero-order valence-corrected chi connectivity index (χ0v) is 10.3. The number of hydrogen-bond donors (Lipinski definition) is 1. The van der Waals surface area contributed by atoms with Crippen LogP contribution >= 0.6 is 0 Å². The van der Waals surface area contributed by atoms with Gasteiger partial charge in [-0.2, -0.15) is 0 Å². The van der Waals surface area contributed by atoms with Crippen LogP contribution in [0.4, 0.5) is 0 Å². The Morgan fingerprint density at radius 2 is 2.00 bits per heavy atom. The van der Waals surface area contributed by atoms with Gasteiger partial charge in [0, 0.05) is 5.41 Å². The molecule has 88 valence electrons. The van der Waals surface area contributed by atoms with Crippen molar-refractivity contribution in [1.82, 2.24) is 0 Å². The minimum Gasteiger partial charge on any atom is -0.304 e. The number of rotatable bonds is 3.